The summed E-state index contributed by atoms with van der Waals surface area (Å²) in [5.74, 6) is -0.964. The van der Waals surface area contributed by atoms with Crippen LogP contribution in [0.1, 0.15) is 11.3 Å². The van der Waals surface area contributed by atoms with Gasteiger partial charge in [-0.05, 0) is 24.3 Å². The fourth-order valence-electron chi connectivity index (χ4n) is 1.68. The number of nitrogens with one attached hydrogen (secondary N) is 1. The van der Waals surface area contributed by atoms with Crippen LogP contribution in [0.5, 0.6) is 0 Å². The van der Waals surface area contributed by atoms with Crippen molar-refractivity contribution in [1.29, 1.82) is 0 Å². The summed E-state index contributed by atoms with van der Waals surface area (Å²) in [6.45, 7) is -0.641. The Kier molecular flexibility index (Phi) is 5.04. The van der Waals surface area contributed by atoms with E-state index < -0.39 is 27.3 Å². The quantitative estimate of drug-likeness (QED) is 0.838. The summed E-state index contributed by atoms with van der Waals surface area (Å²) in [6.07, 6.45) is 1.53. The zero-order valence-corrected chi connectivity index (χ0v) is 13.2. The smallest absolute Gasteiger partial charge is 0.243 e. The topological polar surface area (TPSA) is 79.3 Å². The molecule has 0 spiro atoms. The van der Waals surface area contributed by atoms with Gasteiger partial charge in [0.15, 0.2) is 0 Å². The summed E-state index contributed by atoms with van der Waals surface area (Å²) in [6, 6.07) is 7.56. The number of halogens is 2. The number of hydrogen-bond acceptors (Lipinski definition) is 4. The van der Waals surface area contributed by atoms with E-state index in [1.807, 2.05) is 0 Å². The van der Waals surface area contributed by atoms with Crippen LogP contribution in [0.4, 0.5) is 4.39 Å². The third-order valence-corrected chi connectivity index (χ3v) is 4.57. The highest BCUT2D eigenvalue weighted by Gasteiger charge is 2.22. The highest BCUT2D eigenvalue weighted by Crippen LogP contribution is 2.24. The number of rotatable bonds is 5. The average Bonchev–Trinajstić information content (AvgIpc) is 2.48. The molecule has 0 radical (unpaired) electrons. The van der Waals surface area contributed by atoms with E-state index in [1.54, 1.807) is 18.2 Å². The number of sulfonamides is 1. The van der Waals surface area contributed by atoms with Crippen molar-refractivity contribution in [3.05, 3.63) is 58.1 Å². The molecule has 5 nitrogen and oxygen atoms in total. The van der Waals surface area contributed by atoms with Crippen molar-refractivity contribution in [3.63, 3.8) is 0 Å². The fourth-order valence-corrected chi connectivity index (χ4v) is 3.48. The number of benzene rings is 1. The van der Waals surface area contributed by atoms with Gasteiger partial charge in [-0.1, -0.05) is 22.0 Å². The Bertz CT molecular complexity index is 739. The van der Waals surface area contributed by atoms with E-state index in [4.69, 9.17) is 5.11 Å². The Hall–Kier alpha value is -1.35. The fraction of sp³-hybridized carbons (Fsp3) is 0.154. The molecule has 2 rings (SSSR count). The lowest BCUT2D eigenvalue weighted by atomic mass is 10.2. The zero-order valence-electron chi connectivity index (χ0n) is 10.8. The van der Waals surface area contributed by atoms with Crippen LogP contribution in [0.15, 0.2) is 45.9 Å². The van der Waals surface area contributed by atoms with Gasteiger partial charge in [-0.25, -0.2) is 17.5 Å². The van der Waals surface area contributed by atoms with Crippen LogP contribution in [0, 0.1) is 5.82 Å². The van der Waals surface area contributed by atoms with Gasteiger partial charge in [0.25, 0.3) is 0 Å². The predicted octanol–water partition coefficient (Wildman–Crippen LogP) is 1.95. The van der Waals surface area contributed by atoms with Gasteiger partial charge in [-0.2, -0.15) is 0 Å². The van der Waals surface area contributed by atoms with E-state index in [0.29, 0.717) is 10.2 Å². The molecule has 112 valence electrons. The molecule has 0 bridgehead atoms. The number of nitrogens with zero attached hydrogens (tertiary/aromatic N) is 1. The van der Waals surface area contributed by atoms with Crippen LogP contribution in [-0.2, 0) is 23.2 Å². The number of aliphatic hydroxyl groups is 1. The Morgan fingerprint density at radius 2 is 2.10 bits per heavy atom. The maximum absolute atomic E-state index is 14.1. The van der Waals surface area contributed by atoms with E-state index in [2.05, 4.69) is 25.6 Å². The van der Waals surface area contributed by atoms with Crippen molar-refractivity contribution in [2.75, 3.05) is 0 Å². The summed E-state index contributed by atoms with van der Waals surface area (Å²) >= 11 is 3.09. The van der Waals surface area contributed by atoms with Gasteiger partial charge < -0.3 is 5.11 Å². The van der Waals surface area contributed by atoms with E-state index >= 15 is 0 Å². The zero-order chi connectivity index (χ0) is 15.5. The van der Waals surface area contributed by atoms with Gasteiger partial charge in [0.1, 0.15) is 10.7 Å². The molecule has 0 aliphatic heterocycles. The molecule has 1 heterocycles. The lowest BCUT2D eigenvalue weighted by molar-refractivity contribution is 0.274. The number of pyridine rings is 1. The molecule has 1 aromatic heterocycles. The minimum Gasteiger partial charge on any atom is -0.392 e. The molecule has 0 atom stereocenters. The van der Waals surface area contributed by atoms with Crippen LogP contribution in [0.3, 0.4) is 0 Å². The minimum absolute atomic E-state index is 0.0520. The summed E-state index contributed by atoms with van der Waals surface area (Å²) in [4.78, 5) is 3.46. The first-order valence-corrected chi connectivity index (χ1v) is 8.20. The van der Waals surface area contributed by atoms with Gasteiger partial charge in [-0.3, -0.25) is 4.98 Å². The molecular weight excluding hydrogens is 363 g/mol. The molecule has 1 aromatic carbocycles. The Labute approximate surface area is 130 Å². The SMILES string of the molecule is O=S(=O)(NCc1ccccn1)c1cc(Br)cc(CO)c1F. The van der Waals surface area contributed by atoms with Crippen molar-refractivity contribution in [3.8, 4) is 0 Å². The lowest BCUT2D eigenvalue weighted by Gasteiger charge is -2.10. The van der Waals surface area contributed by atoms with Crippen molar-refractivity contribution in [2.45, 2.75) is 18.0 Å². The van der Waals surface area contributed by atoms with E-state index in [0.717, 1.165) is 6.07 Å². The van der Waals surface area contributed by atoms with Crippen LogP contribution in [0.25, 0.3) is 0 Å². The molecule has 0 aliphatic rings. The third-order valence-electron chi connectivity index (χ3n) is 2.71. The minimum atomic E-state index is -4.05. The first kappa shape index (κ1) is 16.0. The molecule has 0 saturated heterocycles. The Balaban J connectivity index is 2.30. The van der Waals surface area contributed by atoms with Gasteiger partial charge >= 0.3 is 0 Å². The molecule has 0 amide bonds. The molecule has 0 unspecified atom stereocenters. The molecule has 21 heavy (non-hydrogen) atoms. The van der Waals surface area contributed by atoms with Crippen LogP contribution >= 0.6 is 15.9 Å². The van der Waals surface area contributed by atoms with E-state index in [1.165, 1.54) is 12.3 Å². The average molecular weight is 375 g/mol. The number of aliphatic hydroxyl groups excluding tert-OH is 1. The maximum atomic E-state index is 14.1. The molecule has 2 aromatic rings. The molecule has 0 saturated carbocycles. The van der Waals surface area contributed by atoms with Crippen molar-refractivity contribution in [1.82, 2.24) is 9.71 Å². The van der Waals surface area contributed by atoms with Gasteiger partial charge in [0.05, 0.1) is 18.8 Å². The largest absolute Gasteiger partial charge is 0.392 e. The van der Waals surface area contributed by atoms with Crippen LogP contribution < -0.4 is 4.72 Å². The second-order valence-corrected chi connectivity index (χ2v) is 6.83. The highest BCUT2D eigenvalue weighted by molar-refractivity contribution is 9.10. The van der Waals surface area contributed by atoms with Crippen molar-refractivity contribution in [2.24, 2.45) is 0 Å². The van der Waals surface area contributed by atoms with E-state index in [-0.39, 0.29) is 12.1 Å². The summed E-state index contributed by atoms with van der Waals surface area (Å²) in [5.41, 5.74) is 0.418. The molecule has 0 fully saturated rings. The third kappa shape index (κ3) is 3.85. The van der Waals surface area contributed by atoms with Crippen LogP contribution in [0.2, 0.25) is 0 Å². The normalized spacial score (nSPS) is 11.6. The summed E-state index contributed by atoms with van der Waals surface area (Å²) in [5, 5.41) is 9.05. The second kappa shape index (κ2) is 6.61. The van der Waals surface area contributed by atoms with E-state index in [9.17, 15) is 12.8 Å². The molecular formula is C13H12BrFN2O3S. The first-order valence-electron chi connectivity index (χ1n) is 5.92. The first-order chi connectivity index (χ1) is 9.94. The lowest BCUT2D eigenvalue weighted by Crippen LogP contribution is -2.25. The Morgan fingerprint density at radius 3 is 2.71 bits per heavy atom. The monoisotopic (exact) mass is 374 g/mol. The highest BCUT2D eigenvalue weighted by atomic mass is 79.9. The molecule has 2 N–H and O–H groups in total. The second-order valence-electron chi connectivity index (χ2n) is 4.18. The van der Waals surface area contributed by atoms with Crippen molar-refractivity contribution < 1.29 is 17.9 Å². The number of aromatic nitrogens is 1. The van der Waals surface area contributed by atoms with Gasteiger partial charge in [0.2, 0.25) is 10.0 Å². The summed E-state index contributed by atoms with van der Waals surface area (Å²) < 4.78 is 41.0. The Morgan fingerprint density at radius 1 is 1.33 bits per heavy atom. The standard InChI is InChI=1S/C13H12BrFN2O3S/c14-10-5-9(8-18)13(15)12(6-10)21(19,20)17-7-11-3-1-2-4-16-11/h1-6,17-18H,7-8H2. The number of hydrogen-bond donors (Lipinski definition) is 2. The molecule has 8 heteroatoms. The van der Waals surface area contributed by atoms with Gasteiger partial charge in [-0.15, -0.1) is 0 Å². The van der Waals surface area contributed by atoms with Crippen molar-refractivity contribution >= 4 is 26.0 Å². The molecule has 0 aliphatic carbocycles. The van der Waals surface area contributed by atoms with Gasteiger partial charge in [0, 0.05) is 16.2 Å². The van der Waals surface area contributed by atoms with Crippen LogP contribution in [-0.4, -0.2) is 18.5 Å². The predicted molar refractivity (Wildman–Crippen MR) is 78.3 cm³/mol. The summed E-state index contributed by atoms with van der Waals surface area (Å²) in [7, 11) is -4.05. The maximum Gasteiger partial charge on any atom is 0.243 e.